The van der Waals surface area contributed by atoms with Crippen molar-refractivity contribution in [1.29, 1.82) is 0 Å². The van der Waals surface area contributed by atoms with Crippen LogP contribution in [0.25, 0.3) is 0 Å². The van der Waals surface area contributed by atoms with Crippen LogP contribution >= 0.6 is 0 Å². The summed E-state index contributed by atoms with van der Waals surface area (Å²) in [7, 11) is 0. The second kappa shape index (κ2) is 3.95. The van der Waals surface area contributed by atoms with Crippen LogP contribution in [0.5, 0.6) is 0 Å². The summed E-state index contributed by atoms with van der Waals surface area (Å²) in [5.74, 6) is 0. The Morgan fingerprint density at radius 3 is 2.31 bits per heavy atom. The Hall–Kier alpha value is -0.120. The fourth-order valence-corrected chi connectivity index (χ4v) is 2.64. The van der Waals surface area contributed by atoms with Gasteiger partial charge in [0.1, 0.15) is 0 Å². The van der Waals surface area contributed by atoms with Gasteiger partial charge in [-0.05, 0) is 25.7 Å². The first-order valence-corrected chi connectivity index (χ1v) is 5.45. The van der Waals surface area contributed by atoms with Gasteiger partial charge in [0, 0.05) is 25.2 Å². The number of nitrogens with two attached hydrogens (primary N) is 1. The first-order valence-electron chi connectivity index (χ1n) is 5.45. The summed E-state index contributed by atoms with van der Waals surface area (Å²) in [5.41, 5.74) is 6.04. The van der Waals surface area contributed by atoms with Gasteiger partial charge in [-0.1, -0.05) is 6.42 Å². The van der Waals surface area contributed by atoms with E-state index in [1.54, 1.807) is 0 Å². The minimum Gasteiger partial charge on any atom is -0.393 e. The average molecular weight is 184 g/mol. The molecule has 0 spiro atoms. The first kappa shape index (κ1) is 9.44. The molecule has 2 unspecified atom stereocenters. The molecule has 1 heterocycles. The molecule has 1 aliphatic carbocycles. The van der Waals surface area contributed by atoms with E-state index in [0.29, 0.717) is 12.1 Å². The van der Waals surface area contributed by atoms with Crippen molar-refractivity contribution in [2.75, 3.05) is 13.1 Å². The molecule has 1 saturated heterocycles. The van der Waals surface area contributed by atoms with Gasteiger partial charge in [0.15, 0.2) is 0 Å². The number of aliphatic hydroxyl groups is 1. The molecule has 3 nitrogen and oxygen atoms in total. The van der Waals surface area contributed by atoms with Gasteiger partial charge in [-0.15, -0.1) is 0 Å². The maximum absolute atomic E-state index is 9.38. The molecule has 0 aromatic carbocycles. The van der Waals surface area contributed by atoms with E-state index in [9.17, 15) is 5.11 Å². The third-order valence-corrected chi connectivity index (χ3v) is 3.50. The Morgan fingerprint density at radius 1 is 1.08 bits per heavy atom. The molecule has 2 atom stereocenters. The topological polar surface area (TPSA) is 49.5 Å². The largest absolute Gasteiger partial charge is 0.393 e. The summed E-state index contributed by atoms with van der Waals surface area (Å²) >= 11 is 0. The number of rotatable bonds is 1. The van der Waals surface area contributed by atoms with Gasteiger partial charge in [-0.2, -0.15) is 0 Å². The highest BCUT2D eigenvalue weighted by Crippen LogP contribution is 2.25. The van der Waals surface area contributed by atoms with E-state index >= 15 is 0 Å². The maximum atomic E-state index is 9.38. The first-order chi connectivity index (χ1) is 6.27. The minimum absolute atomic E-state index is 0.0612. The van der Waals surface area contributed by atoms with E-state index < -0.39 is 0 Å². The van der Waals surface area contributed by atoms with Crippen molar-refractivity contribution in [2.45, 2.75) is 50.3 Å². The molecule has 2 rings (SSSR count). The SMILES string of the molecule is NC1CCCC1N1CCC(O)CC1. The number of hydrogen-bond acceptors (Lipinski definition) is 3. The van der Waals surface area contributed by atoms with E-state index in [4.69, 9.17) is 5.73 Å². The Kier molecular flexibility index (Phi) is 2.86. The van der Waals surface area contributed by atoms with Crippen LogP contribution in [0.15, 0.2) is 0 Å². The van der Waals surface area contributed by atoms with Gasteiger partial charge in [0.2, 0.25) is 0 Å². The number of aliphatic hydroxyl groups excluding tert-OH is 1. The zero-order valence-electron chi connectivity index (χ0n) is 8.15. The summed E-state index contributed by atoms with van der Waals surface area (Å²) < 4.78 is 0. The molecule has 2 aliphatic rings. The van der Waals surface area contributed by atoms with Crippen molar-refractivity contribution in [3.05, 3.63) is 0 Å². The standard InChI is InChI=1S/C10H20N2O/c11-9-2-1-3-10(9)12-6-4-8(13)5-7-12/h8-10,13H,1-7,11H2. The fraction of sp³-hybridized carbons (Fsp3) is 1.00. The van der Waals surface area contributed by atoms with Crippen LogP contribution in [-0.2, 0) is 0 Å². The molecule has 0 aromatic rings. The maximum Gasteiger partial charge on any atom is 0.0564 e. The van der Waals surface area contributed by atoms with Gasteiger partial charge < -0.3 is 10.8 Å². The molecular formula is C10H20N2O. The Labute approximate surface area is 79.9 Å². The van der Waals surface area contributed by atoms with Crippen molar-refractivity contribution in [3.63, 3.8) is 0 Å². The molecule has 0 bridgehead atoms. The second-order valence-corrected chi connectivity index (χ2v) is 4.43. The Balaban J connectivity index is 1.86. The monoisotopic (exact) mass is 184 g/mol. The zero-order valence-corrected chi connectivity index (χ0v) is 8.15. The molecule has 0 radical (unpaired) electrons. The highest BCUT2D eigenvalue weighted by Gasteiger charge is 2.31. The predicted octanol–water partition coefficient (Wildman–Crippen LogP) is 0.323. The Bertz CT molecular complexity index is 166. The van der Waals surface area contributed by atoms with Gasteiger partial charge in [-0.3, -0.25) is 4.90 Å². The van der Waals surface area contributed by atoms with Crippen LogP contribution in [0.1, 0.15) is 32.1 Å². The van der Waals surface area contributed by atoms with Crippen molar-refractivity contribution < 1.29 is 5.11 Å². The molecule has 76 valence electrons. The van der Waals surface area contributed by atoms with Crippen LogP contribution in [-0.4, -0.2) is 41.3 Å². The molecule has 13 heavy (non-hydrogen) atoms. The number of piperidine rings is 1. The van der Waals surface area contributed by atoms with Gasteiger partial charge in [0.25, 0.3) is 0 Å². The van der Waals surface area contributed by atoms with Crippen molar-refractivity contribution in [1.82, 2.24) is 4.90 Å². The number of hydrogen-bond donors (Lipinski definition) is 2. The van der Waals surface area contributed by atoms with E-state index in [0.717, 1.165) is 25.9 Å². The normalized spacial score (nSPS) is 38.3. The fourth-order valence-electron chi connectivity index (χ4n) is 2.64. The summed E-state index contributed by atoms with van der Waals surface area (Å²) in [4.78, 5) is 2.48. The molecule has 2 fully saturated rings. The van der Waals surface area contributed by atoms with E-state index in [2.05, 4.69) is 4.90 Å². The van der Waals surface area contributed by atoms with E-state index in [1.807, 2.05) is 0 Å². The summed E-state index contributed by atoms with van der Waals surface area (Å²) in [5, 5.41) is 9.38. The summed E-state index contributed by atoms with van der Waals surface area (Å²) in [6.07, 6.45) is 5.53. The lowest BCUT2D eigenvalue weighted by molar-refractivity contribution is 0.0585. The molecule has 0 aromatic heterocycles. The lowest BCUT2D eigenvalue weighted by Crippen LogP contribution is -2.48. The number of nitrogens with zero attached hydrogens (tertiary/aromatic N) is 1. The zero-order chi connectivity index (χ0) is 9.26. The van der Waals surface area contributed by atoms with Crippen LogP contribution in [0, 0.1) is 0 Å². The molecule has 3 heteroatoms. The van der Waals surface area contributed by atoms with Gasteiger partial charge in [-0.25, -0.2) is 0 Å². The lowest BCUT2D eigenvalue weighted by atomic mass is 10.0. The highest BCUT2D eigenvalue weighted by molar-refractivity contribution is 4.89. The molecule has 3 N–H and O–H groups in total. The Morgan fingerprint density at radius 2 is 1.77 bits per heavy atom. The van der Waals surface area contributed by atoms with Crippen molar-refractivity contribution >= 4 is 0 Å². The third-order valence-electron chi connectivity index (χ3n) is 3.50. The van der Waals surface area contributed by atoms with Gasteiger partial charge >= 0.3 is 0 Å². The highest BCUT2D eigenvalue weighted by atomic mass is 16.3. The minimum atomic E-state index is -0.0612. The average Bonchev–Trinajstić information content (AvgIpc) is 2.53. The predicted molar refractivity (Wildman–Crippen MR) is 52.4 cm³/mol. The summed E-state index contributed by atoms with van der Waals surface area (Å²) in [6, 6.07) is 0.989. The molecular weight excluding hydrogens is 164 g/mol. The van der Waals surface area contributed by atoms with E-state index in [-0.39, 0.29) is 6.10 Å². The number of likely N-dealkylation sites (tertiary alicyclic amines) is 1. The van der Waals surface area contributed by atoms with E-state index in [1.165, 1.54) is 19.3 Å². The second-order valence-electron chi connectivity index (χ2n) is 4.43. The summed E-state index contributed by atoms with van der Waals surface area (Å²) in [6.45, 7) is 2.08. The third kappa shape index (κ3) is 2.03. The van der Waals surface area contributed by atoms with Crippen LogP contribution < -0.4 is 5.73 Å². The van der Waals surface area contributed by atoms with Crippen molar-refractivity contribution in [2.24, 2.45) is 5.73 Å². The quantitative estimate of drug-likeness (QED) is 0.617. The lowest BCUT2D eigenvalue weighted by Gasteiger charge is -2.36. The van der Waals surface area contributed by atoms with Crippen LogP contribution in [0.3, 0.4) is 0 Å². The molecule has 1 saturated carbocycles. The smallest absolute Gasteiger partial charge is 0.0564 e. The van der Waals surface area contributed by atoms with Crippen LogP contribution in [0.2, 0.25) is 0 Å². The van der Waals surface area contributed by atoms with Gasteiger partial charge in [0.05, 0.1) is 6.10 Å². The van der Waals surface area contributed by atoms with Crippen LogP contribution in [0.4, 0.5) is 0 Å². The molecule has 1 aliphatic heterocycles. The van der Waals surface area contributed by atoms with Crippen molar-refractivity contribution in [3.8, 4) is 0 Å². The molecule has 0 amide bonds.